The maximum Gasteiger partial charge on any atom is 0.321 e. The zero-order valence-corrected chi connectivity index (χ0v) is 19.6. The lowest BCUT2D eigenvalue weighted by Crippen LogP contribution is -2.42. The number of carboxylic acids is 2. The van der Waals surface area contributed by atoms with Gasteiger partial charge < -0.3 is 20.8 Å². The van der Waals surface area contributed by atoms with Gasteiger partial charge in [-0.3, -0.25) is 19.2 Å². The van der Waals surface area contributed by atoms with E-state index in [4.69, 9.17) is 10.2 Å². The Morgan fingerprint density at radius 1 is 0.750 bits per heavy atom. The van der Waals surface area contributed by atoms with Crippen molar-refractivity contribution in [1.29, 1.82) is 0 Å². The topological polar surface area (TPSA) is 133 Å². The van der Waals surface area contributed by atoms with Gasteiger partial charge in [0.15, 0.2) is 0 Å². The maximum absolute atomic E-state index is 12.2. The molecule has 2 unspecified atom stereocenters. The number of carbonyl (C=O) groups excluding carboxylic acids is 2. The number of carbonyl (C=O) groups is 4. The lowest BCUT2D eigenvalue weighted by molar-refractivity contribution is -0.139. The zero-order valence-electron chi connectivity index (χ0n) is 16.3. The van der Waals surface area contributed by atoms with Crippen LogP contribution in [0.3, 0.4) is 0 Å². The molecular weight excluding hydrogens is 444 g/mol. The van der Waals surface area contributed by atoms with Crippen LogP contribution in [0.25, 0.3) is 0 Å². The summed E-state index contributed by atoms with van der Waals surface area (Å²) >= 11 is 2.80. The fourth-order valence-corrected chi connectivity index (χ4v) is 5.14. The Morgan fingerprint density at radius 3 is 1.32 bits per heavy atom. The van der Waals surface area contributed by atoms with Crippen molar-refractivity contribution in [2.75, 3.05) is 37.1 Å². The molecule has 0 aliphatic carbocycles. The third-order valence-corrected chi connectivity index (χ3v) is 7.40. The molecule has 8 nitrogen and oxygen atoms in total. The van der Waals surface area contributed by atoms with Gasteiger partial charge in [-0.1, -0.05) is 13.8 Å². The molecule has 0 bridgehead atoms. The van der Waals surface area contributed by atoms with E-state index in [2.05, 4.69) is 10.6 Å². The van der Waals surface area contributed by atoms with Crippen LogP contribution in [0.1, 0.15) is 13.8 Å². The molecule has 0 spiro atoms. The van der Waals surface area contributed by atoms with Crippen molar-refractivity contribution in [2.24, 2.45) is 11.8 Å². The fraction of sp³-hybridized carbons (Fsp3) is 0.750. The van der Waals surface area contributed by atoms with Crippen molar-refractivity contribution >= 4 is 67.3 Å². The largest absolute Gasteiger partial charge is 0.480 e. The van der Waals surface area contributed by atoms with E-state index >= 15 is 0 Å². The minimum Gasteiger partial charge on any atom is -0.480 e. The third kappa shape index (κ3) is 11.6. The molecule has 0 fully saturated rings. The molecule has 0 saturated carbocycles. The summed E-state index contributed by atoms with van der Waals surface area (Å²) in [6.45, 7) is 3.78. The smallest absolute Gasteiger partial charge is 0.321 e. The predicted octanol–water partition coefficient (Wildman–Crippen LogP) is 1.50. The second kappa shape index (κ2) is 15.4. The monoisotopic (exact) mass is 472 g/mol. The number of nitrogens with one attached hydrogen (secondary N) is 2. The second-order valence-corrected chi connectivity index (χ2v) is 10.1. The molecular formula is C16H28N2O6S4. The van der Waals surface area contributed by atoms with Crippen LogP contribution in [-0.4, -0.2) is 81.6 Å². The Balaban J connectivity index is 4.32. The molecule has 0 aromatic heterocycles. The molecule has 0 amide bonds. The van der Waals surface area contributed by atoms with Crippen molar-refractivity contribution in [3.8, 4) is 0 Å². The van der Waals surface area contributed by atoms with Gasteiger partial charge in [-0.25, -0.2) is 0 Å². The standard InChI is InChI=1S/C16H28N2O6S4/c1-9(5-17-11(7-25-3)13(19)20)15(23)27-28-16(24)10(2)6-18-12(8-26-4)14(21)22/h9-12,17-18H,5-8H2,1-4H3,(H,19,20)(H,21,22)/t9?,10?,11-,12-/m0/s1. The molecule has 28 heavy (non-hydrogen) atoms. The van der Waals surface area contributed by atoms with E-state index in [9.17, 15) is 19.2 Å². The summed E-state index contributed by atoms with van der Waals surface area (Å²) in [5, 5.41) is 23.4. The molecule has 162 valence electrons. The summed E-state index contributed by atoms with van der Waals surface area (Å²) in [4.78, 5) is 46.5. The first kappa shape index (κ1) is 27.6. The number of hydrogen-bond donors (Lipinski definition) is 4. The van der Waals surface area contributed by atoms with Gasteiger partial charge in [-0.15, -0.1) is 0 Å². The third-order valence-electron chi connectivity index (χ3n) is 3.61. The molecule has 0 saturated heterocycles. The highest BCUT2D eigenvalue weighted by Crippen LogP contribution is 2.29. The predicted molar refractivity (Wildman–Crippen MR) is 119 cm³/mol. The molecule has 0 aliphatic rings. The average Bonchev–Trinajstić information content (AvgIpc) is 2.64. The van der Waals surface area contributed by atoms with E-state index in [1.807, 2.05) is 0 Å². The molecule has 4 N–H and O–H groups in total. The highest BCUT2D eigenvalue weighted by atomic mass is 33.1. The molecule has 0 heterocycles. The van der Waals surface area contributed by atoms with E-state index in [0.717, 1.165) is 21.6 Å². The lowest BCUT2D eigenvalue weighted by Gasteiger charge is -2.17. The summed E-state index contributed by atoms with van der Waals surface area (Å²) in [6.07, 6.45) is 3.61. The van der Waals surface area contributed by atoms with E-state index in [-0.39, 0.29) is 23.3 Å². The highest BCUT2D eigenvalue weighted by molar-refractivity contribution is 8.87. The molecule has 0 aliphatic heterocycles. The Morgan fingerprint density at radius 2 is 1.07 bits per heavy atom. The van der Waals surface area contributed by atoms with Gasteiger partial charge in [0.25, 0.3) is 0 Å². The number of aliphatic carboxylic acids is 2. The van der Waals surface area contributed by atoms with Crippen LogP contribution in [0.4, 0.5) is 0 Å². The van der Waals surface area contributed by atoms with Gasteiger partial charge in [0, 0.05) is 36.4 Å². The first-order valence-electron chi connectivity index (χ1n) is 8.46. The van der Waals surface area contributed by atoms with Crippen LogP contribution >= 0.6 is 45.1 Å². The minimum atomic E-state index is -0.964. The quantitative estimate of drug-likeness (QED) is 0.273. The first-order chi connectivity index (χ1) is 13.1. The van der Waals surface area contributed by atoms with E-state index in [1.165, 1.54) is 23.5 Å². The molecule has 0 aromatic rings. The van der Waals surface area contributed by atoms with Gasteiger partial charge in [0.1, 0.15) is 12.1 Å². The summed E-state index contributed by atoms with van der Waals surface area (Å²) in [5.41, 5.74) is 0. The van der Waals surface area contributed by atoms with Gasteiger partial charge in [-0.05, 0) is 34.1 Å². The van der Waals surface area contributed by atoms with Crippen molar-refractivity contribution in [3.63, 3.8) is 0 Å². The minimum absolute atomic E-state index is 0.212. The SMILES string of the molecule is CSC[C@H](NCC(C)C(=O)SSC(=O)C(C)CN[C@@H](CSC)C(=O)O)C(=O)O. The fourth-order valence-electron chi connectivity index (χ4n) is 1.82. The summed E-state index contributed by atoms with van der Waals surface area (Å²) < 4.78 is 0. The van der Waals surface area contributed by atoms with Crippen LogP contribution in [0.15, 0.2) is 0 Å². The number of thioether (sulfide) groups is 2. The van der Waals surface area contributed by atoms with Crippen molar-refractivity contribution in [3.05, 3.63) is 0 Å². The van der Waals surface area contributed by atoms with Crippen LogP contribution in [0, 0.1) is 11.8 Å². The molecule has 4 atom stereocenters. The number of hydrogen-bond acceptors (Lipinski definition) is 10. The van der Waals surface area contributed by atoms with Crippen LogP contribution in [0.2, 0.25) is 0 Å². The molecule has 0 radical (unpaired) electrons. The van der Waals surface area contributed by atoms with E-state index < -0.39 is 35.9 Å². The summed E-state index contributed by atoms with van der Waals surface area (Å²) in [7, 11) is 1.67. The van der Waals surface area contributed by atoms with Gasteiger partial charge in [0.2, 0.25) is 10.2 Å². The van der Waals surface area contributed by atoms with Crippen molar-refractivity contribution in [1.82, 2.24) is 10.6 Å². The second-order valence-electron chi connectivity index (χ2n) is 6.12. The van der Waals surface area contributed by atoms with Crippen LogP contribution in [0.5, 0.6) is 0 Å². The summed E-state index contributed by atoms with van der Waals surface area (Å²) in [5.74, 6) is -2.02. The Kier molecular flexibility index (Phi) is 15.2. The van der Waals surface area contributed by atoms with Gasteiger partial charge >= 0.3 is 11.9 Å². The molecule has 0 aromatic carbocycles. The van der Waals surface area contributed by atoms with Gasteiger partial charge in [-0.2, -0.15) is 23.5 Å². The van der Waals surface area contributed by atoms with Crippen LogP contribution < -0.4 is 10.6 Å². The zero-order chi connectivity index (χ0) is 21.7. The Labute approximate surface area is 181 Å². The first-order valence-corrected chi connectivity index (χ1v) is 13.4. The Bertz CT molecular complexity index is 491. The maximum atomic E-state index is 12.2. The van der Waals surface area contributed by atoms with E-state index in [1.54, 1.807) is 26.4 Å². The molecule has 12 heteroatoms. The van der Waals surface area contributed by atoms with Gasteiger partial charge in [0.05, 0.1) is 0 Å². The number of rotatable bonds is 14. The lowest BCUT2D eigenvalue weighted by atomic mass is 10.2. The van der Waals surface area contributed by atoms with Crippen molar-refractivity contribution in [2.45, 2.75) is 25.9 Å². The average molecular weight is 473 g/mol. The summed E-state index contributed by atoms with van der Waals surface area (Å²) in [6, 6.07) is -1.45. The Hall–Kier alpha value is -0.400. The van der Waals surface area contributed by atoms with Crippen molar-refractivity contribution < 1.29 is 29.4 Å². The van der Waals surface area contributed by atoms with E-state index in [0.29, 0.717) is 11.5 Å². The highest BCUT2D eigenvalue weighted by Gasteiger charge is 2.23. The normalized spacial score (nSPS) is 15.4. The molecule has 0 rings (SSSR count). The van der Waals surface area contributed by atoms with Crippen LogP contribution in [-0.2, 0) is 19.2 Å². The number of carboxylic acid groups (broad SMARTS) is 2.